The van der Waals surface area contributed by atoms with Crippen molar-refractivity contribution in [1.82, 2.24) is 4.98 Å². The highest BCUT2D eigenvalue weighted by molar-refractivity contribution is 7.92. The van der Waals surface area contributed by atoms with Gasteiger partial charge >= 0.3 is 0 Å². The molecule has 1 aromatic rings. The van der Waals surface area contributed by atoms with E-state index in [9.17, 15) is 17.2 Å². The van der Waals surface area contributed by atoms with Gasteiger partial charge in [-0.1, -0.05) is 0 Å². The number of alkyl halides is 2. The molecule has 1 aromatic heterocycles. The van der Waals surface area contributed by atoms with Crippen LogP contribution in [-0.2, 0) is 10.0 Å². The first-order valence-electron chi connectivity index (χ1n) is 4.59. The Morgan fingerprint density at radius 3 is 2.65 bits per heavy atom. The highest BCUT2D eigenvalue weighted by Gasteiger charge is 2.22. The number of nitrogens with one attached hydrogen (secondary N) is 1. The minimum atomic E-state index is -3.43. The molecule has 0 aromatic carbocycles. The molecule has 1 rings (SSSR count). The number of anilines is 1. The highest BCUT2D eigenvalue weighted by atomic mass is 32.2. The molecule has 0 saturated carbocycles. The molecule has 0 fully saturated rings. The molecule has 0 aliphatic carbocycles. The molecule has 0 spiro atoms. The third-order valence-electron chi connectivity index (χ3n) is 1.51. The van der Waals surface area contributed by atoms with Gasteiger partial charge in [0.05, 0.1) is 24.3 Å². The first kappa shape index (κ1) is 13.6. The van der Waals surface area contributed by atoms with Crippen molar-refractivity contribution in [3.05, 3.63) is 18.5 Å². The zero-order valence-corrected chi connectivity index (χ0v) is 10.1. The topological polar surface area (TPSA) is 68.3 Å². The second-order valence-corrected chi connectivity index (χ2v) is 5.39. The molecule has 0 atom stereocenters. The molecular weight excluding hydrogens is 254 g/mol. The average molecular weight is 266 g/mol. The van der Waals surface area contributed by atoms with E-state index >= 15 is 0 Å². The van der Waals surface area contributed by atoms with Crippen LogP contribution in [-0.4, -0.2) is 32.2 Å². The van der Waals surface area contributed by atoms with E-state index in [0.29, 0.717) is 0 Å². The van der Waals surface area contributed by atoms with Crippen LogP contribution in [0.4, 0.5) is 14.5 Å². The Balaban J connectivity index is 2.73. The summed E-state index contributed by atoms with van der Waals surface area (Å²) < 4.78 is 53.8. The van der Waals surface area contributed by atoms with Crippen LogP contribution in [0.3, 0.4) is 0 Å². The summed E-state index contributed by atoms with van der Waals surface area (Å²) >= 11 is 0. The summed E-state index contributed by atoms with van der Waals surface area (Å²) in [6.07, 6.45) is 3.44. The molecule has 0 aliphatic heterocycles. The molecule has 0 saturated heterocycles. The van der Waals surface area contributed by atoms with Gasteiger partial charge in [-0.25, -0.2) is 17.2 Å². The van der Waals surface area contributed by atoms with Crippen molar-refractivity contribution >= 4 is 15.7 Å². The van der Waals surface area contributed by atoms with Crippen LogP contribution in [0.5, 0.6) is 5.75 Å². The van der Waals surface area contributed by atoms with Crippen molar-refractivity contribution in [1.29, 1.82) is 0 Å². The number of halogens is 2. The Bertz CT molecular complexity index is 485. The fraction of sp³-hybridized carbons (Fsp3) is 0.444. The minimum absolute atomic E-state index is 0.0696. The standard InChI is InChI=1S/C9H12F2N2O3S/c1-9(10,11)6-16-8-3-7(4-12-5-8)13-17(2,14)15/h3-5,13H,6H2,1-2H3. The van der Waals surface area contributed by atoms with E-state index in [1.165, 1.54) is 18.5 Å². The first-order chi connectivity index (χ1) is 7.66. The maximum atomic E-state index is 12.5. The van der Waals surface area contributed by atoms with Crippen LogP contribution in [0.15, 0.2) is 18.5 Å². The van der Waals surface area contributed by atoms with Gasteiger partial charge in [-0.3, -0.25) is 9.71 Å². The third kappa shape index (κ3) is 6.00. The van der Waals surface area contributed by atoms with E-state index in [1.807, 2.05) is 0 Å². The molecule has 17 heavy (non-hydrogen) atoms. The number of nitrogens with zero attached hydrogens (tertiary/aromatic N) is 1. The molecule has 8 heteroatoms. The molecule has 0 amide bonds. The number of hydrogen-bond acceptors (Lipinski definition) is 4. The Morgan fingerprint density at radius 2 is 2.12 bits per heavy atom. The lowest BCUT2D eigenvalue weighted by Crippen LogP contribution is -2.21. The van der Waals surface area contributed by atoms with Crippen molar-refractivity contribution in [3.8, 4) is 5.75 Å². The van der Waals surface area contributed by atoms with Gasteiger partial charge in [-0.05, 0) is 0 Å². The molecule has 0 aliphatic rings. The van der Waals surface area contributed by atoms with E-state index < -0.39 is 22.6 Å². The second-order valence-electron chi connectivity index (χ2n) is 3.64. The van der Waals surface area contributed by atoms with E-state index in [2.05, 4.69) is 9.71 Å². The molecule has 0 bridgehead atoms. The number of pyridine rings is 1. The number of hydrogen-bond donors (Lipinski definition) is 1. The van der Waals surface area contributed by atoms with E-state index in [-0.39, 0.29) is 11.4 Å². The minimum Gasteiger partial charge on any atom is -0.486 e. The predicted octanol–water partition coefficient (Wildman–Crippen LogP) is 1.49. The van der Waals surface area contributed by atoms with Crippen molar-refractivity contribution in [2.24, 2.45) is 0 Å². The summed E-state index contributed by atoms with van der Waals surface area (Å²) in [4.78, 5) is 3.67. The summed E-state index contributed by atoms with van der Waals surface area (Å²) in [7, 11) is -3.43. The Kier molecular flexibility index (Phi) is 3.87. The number of rotatable bonds is 5. The van der Waals surface area contributed by atoms with Crippen LogP contribution in [0, 0.1) is 0 Å². The lowest BCUT2D eigenvalue weighted by Gasteiger charge is -2.12. The lowest BCUT2D eigenvalue weighted by molar-refractivity contribution is -0.0230. The average Bonchev–Trinajstić information content (AvgIpc) is 2.11. The van der Waals surface area contributed by atoms with Crippen LogP contribution in [0.2, 0.25) is 0 Å². The predicted molar refractivity (Wildman–Crippen MR) is 58.8 cm³/mol. The summed E-state index contributed by atoms with van der Waals surface area (Å²) in [5.74, 6) is -2.89. The maximum Gasteiger partial charge on any atom is 0.278 e. The summed E-state index contributed by atoms with van der Waals surface area (Å²) in [6, 6.07) is 1.28. The van der Waals surface area contributed by atoms with Gasteiger partial charge in [0.25, 0.3) is 5.92 Å². The SMILES string of the molecule is CC(F)(F)COc1cncc(NS(C)(=O)=O)c1. The zero-order chi connectivity index (χ0) is 13.1. The summed E-state index contributed by atoms with van der Waals surface area (Å²) in [5, 5.41) is 0. The highest BCUT2D eigenvalue weighted by Crippen LogP contribution is 2.19. The normalized spacial score (nSPS) is 12.2. The largest absolute Gasteiger partial charge is 0.486 e. The molecule has 0 radical (unpaired) electrons. The quantitative estimate of drug-likeness (QED) is 0.876. The Hall–Kier alpha value is -1.44. The third-order valence-corrected chi connectivity index (χ3v) is 2.12. The van der Waals surface area contributed by atoms with Gasteiger partial charge in [0.2, 0.25) is 10.0 Å². The van der Waals surface area contributed by atoms with E-state index in [1.54, 1.807) is 0 Å². The van der Waals surface area contributed by atoms with E-state index in [0.717, 1.165) is 13.2 Å². The van der Waals surface area contributed by atoms with Crippen molar-refractivity contribution in [2.45, 2.75) is 12.8 Å². The van der Waals surface area contributed by atoms with Crippen LogP contribution in [0.25, 0.3) is 0 Å². The second kappa shape index (κ2) is 4.82. The fourth-order valence-electron chi connectivity index (χ4n) is 0.978. The lowest BCUT2D eigenvalue weighted by atomic mass is 10.4. The van der Waals surface area contributed by atoms with E-state index in [4.69, 9.17) is 4.74 Å². The fourth-order valence-corrected chi connectivity index (χ4v) is 1.52. The molecule has 1 N–H and O–H groups in total. The van der Waals surface area contributed by atoms with Crippen LogP contribution < -0.4 is 9.46 Å². The van der Waals surface area contributed by atoms with Gasteiger partial charge in [0.1, 0.15) is 5.75 Å². The number of ether oxygens (including phenoxy) is 1. The monoisotopic (exact) mass is 266 g/mol. The molecule has 96 valence electrons. The van der Waals surface area contributed by atoms with Gasteiger partial charge < -0.3 is 4.74 Å². The summed E-state index contributed by atoms with van der Waals surface area (Å²) in [5.41, 5.74) is 0.157. The molecule has 5 nitrogen and oxygen atoms in total. The smallest absolute Gasteiger partial charge is 0.278 e. The Morgan fingerprint density at radius 1 is 1.47 bits per heavy atom. The molecule has 1 heterocycles. The van der Waals surface area contributed by atoms with Crippen LogP contribution >= 0.6 is 0 Å². The van der Waals surface area contributed by atoms with Gasteiger partial charge in [-0.15, -0.1) is 0 Å². The van der Waals surface area contributed by atoms with Gasteiger partial charge in [0.15, 0.2) is 6.61 Å². The van der Waals surface area contributed by atoms with Gasteiger partial charge in [0, 0.05) is 13.0 Å². The number of sulfonamides is 1. The first-order valence-corrected chi connectivity index (χ1v) is 6.48. The van der Waals surface area contributed by atoms with Gasteiger partial charge in [-0.2, -0.15) is 0 Å². The zero-order valence-electron chi connectivity index (χ0n) is 9.28. The van der Waals surface area contributed by atoms with Crippen molar-refractivity contribution in [3.63, 3.8) is 0 Å². The van der Waals surface area contributed by atoms with Crippen molar-refractivity contribution in [2.75, 3.05) is 17.6 Å². The summed E-state index contributed by atoms with van der Waals surface area (Å²) in [6.45, 7) is -0.0734. The Labute approximate surface area is 97.9 Å². The number of aromatic nitrogens is 1. The van der Waals surface area contributed by atoms with Crippen LogP contribution in [0.1, 0.15) is 6.92 Å². The van der Waals surface area contributed by atoms with Crippen molar-refractivity contribution < 1.29 is 21.9 Å². The molecule has 0 unspecified atom stereocenters. The maximum absolute atomic E-state index is 12.5. The molecular formula is C9H12F2N2O3S.